The molecule has 0 aliphatic carbocycles. The van der Waals surface area contributed by atoms with Crippen molar-refractivity contribution in [3.05, 3.63) is 63.6 Å². The van der Waals surface area contributed by atoms with Crippen LogP contribution in [0.1, 0.15) is 29.7 Å². The van der Waals surface area contributed by atoms with Gasteiger partial charge in [-0.05, 0) is 48.4 Å². The van der Waals surface area contributed by atoms with Crippen molar-refractivity contribution in [1.82, 2.24) is 9.47 Å². The second-order valence-electron chi connectivity index (χ2n) is 7.94. The van der Waals surface area contributed by atoms with Crippen molar-refractivity contribution in [3.8, 4) is 5.75 Å². The van der Waals surface area contributed by atoms with Crippen LogP contribution < -0.4 is 10.3 Å². The summed E-state index contributed by atoms with van der Waals surface area (Å²) >= 11 is 0. The fraction of sp³-hybridized carbons (Fsp3) is 0.522. The van der Waals surface area contributed by atoms with E-state index in [4.69, 9.17) is 9.47 Å². The second-order valence-corrected chi connectivity index (χ2v) is 7.94. The Labute approximate surface area is 166 Å². The van der Waals surface area contributed by atoms with Gasteiger partial charge in [0.1, 0.15) is 5.75 Å². The number of methoxy groups -OCH3 is 1. The number of nitrogens with zero attached hydrogens (tertiary/aromatic N) is 2. The van der Waals surface area contributed by atoms with Gasteiger partial charge in [-0.15, -0.1) is 0 Å². The number of benzene rings is 1. The van der Waals surface area contributed by atoms with Crippen molar-refractivity contribution in [2.24, 2.45) is 5.92 Å². The lowest BCUT2D eigenvalue weighted by Crippen LogP contribution is -2.30. The number of pyridine rings is 1. The lowest BCUT2D eigenvalue weighted by molar-refractivity contribution is 0.0606. The zero-order valence-electron chi connectivity index (χ0n) is 16.7. The van der Waals surface area contributed by atoms with Crippen LogP contribution in [0.4, 0.5) is 0 Å². The van der Waals surface area contributed by atoms with Gasteiger partial charge < -0.3 is 14.0 Å². The van der Waals surface area contributed by atoms with E-state index < -0.39 is 0 Å². The van der Waals surface area contributed by atoms with Crippen LogP contribution in [0.15, 0.2) is 41.2 Å². The Kier molecular flexibility index (Phi) is 6.13. The Bertz CT molecular complexity index is 855. The molecule has 0 amide bonds. The zero-order chi connectivity index (χ0) is 19.3. The summed E-state index contributed by atoms with van der Waals surface area (Å²) < 4.78 is 12.9. The highest BCUT2D eigenvalue weighted by atomic mass is 16.5. The molecule has 3 heterocycles. The summed E-state index contributed by atoms with van der Waals surface area (Å²) in [7, 11) is 1.71. The minimum atomic E-state index is 0.145. The standard InChI is InChI=1S/C23H30N2O3/c1-27-21-4-2-3-19(15-21)16-24-11-7-20-5-6-23(26)25(22(20)8-12-24)17-18-9-13-28-14-10-18/h2-6,15,18H,7-14,16-17H2,1H3. The number of rotatable bonds is 5. The Balaban J connectivity index is 1.48. The summed E-state index contributed by atoms with van der Waals surface area (Å²) in [6.45, 7) is 5.38. The Morgan fingerprint density at radius 2 is 1.93 bits per heavy atom. The van der Waals surface area contributed by atoms with E-state index in [9.17, 15) is 4.79 Å². The van der Waals surface area contributed by atoms with Crippen LogP contribution >= 0.6 is 0 Å². The zero-order valence-corrected chi connectivity index (χ0v) is 16.7. The van der Waals surface area contributed by atoms with E-state index in [2.05, 4.69) is 21.6 Å². The third-order valence-electron chi connectivity index (χ3n) is 6.07. The summed E-state index contributed by atoms with van der Waals surface area (Å²) in [5.41, 5.74) is 3.99. The van der Waals surface area contributed by atoms with Gasteiger partial charge in [-0.3, -0.25) is 9.69 Å². The minimum absolute atomic E-state index is 0.145. The molecule has 1 aromatic heterocycles. The van der Waals surface area contributed by atoms with Gasteiger partial charge in [-0.25, -0.2) is 0 Å². The predicted octanol–water partition coefficient (Wildman–Crippen LogP) is 2.88. The highest BCUT2D eigenvalue weighted by Gasteiger charge is 2.21. The fourth-order valence-corrected chi connectivity index (χ4v) is 4.42. The minimum Gasteiger partial charge on any atom is -0.497 e. The van der Waals surface area contributed by atoms with E-state index in [1.54, 1.807) is 13.2 Å². The monoisotopic (exact) mass is 382 g/mol. The number of aromatic nitrogens is 1. The fourth-order valence-electron chi connectivity index (χ4n) is 4.42. The molecule has 0 radical (unpaired) electrons. The number of ether oxygens (including phenoxy) is 2. The molecule has 5 heteroatoms. The van der Waals surface area contributed by atoms with Crippen LogP contribution in [0, 0.1) is 5.92 Å². The van der Waals surface area contributed by atoms with Gasteiger partial charge in [0.25, 0.3) is 5.56 Å². The van der Waals surface area contributed by atoms with E-state index in [1.807, 2.05) is 18.2 Å². The summed E-state index contributed by atoms with van der Waals surface area (Å²) in [5.74, 6) is 1.45. The lowest BCUT2D eigenvalue weighted by Gasteiger charge is -2.25. The van der Waals surface area contributed by atoms with Crippen LogP contribution in [0.5, 0.6) is 5.75 Å². The molecule has 150 valence electrons. The maximum Gasteiger partial charge on any atom is 0.250 e. The van der Waals surface area contributed by atoms with E-state index in [-0.39, 0.29) is 5.56 Å². The van der Waals surface area contributed by atoms with Crippen molar-refractivity contribution in [2.45, 2.75) is 38.8 Å². The number of fused-ring (bicyclic) bond motifs is 1. The van der Waals surface area contributed by atoms with Gasteiger partial charge >= 0.3 is 0 Å². The van der Waals surface area contributed by atoms with Gasteiger partial charge in [0.05, 0.1) is 7.11 Å². The van der Waals surface area contributed by atoms with Crippen LogP contribution in [0.25, 0.3) is 0 Å². The number of hydrogen-bond donors (Lipinski definition) is 0. The Morgan fingerprint density at radius 3 is 2.75 bits per heavy atom. The predicted molar refractivity (Wildman–Crippen MR) is 110 cm³/mol. The van der Waals surface area contributed by atoms with Crippen molar-refractivity contribution < 1.29 is 9.47 Å². The molecule has 2 aliphatic heterocycles. The van der Waals surface area contributed by atoms with Gasteiger partial charge in [-0.2, -0.15) is 0 Å². The molecule has 2 aromatic rings. The smallest absolute Gasteiger partial charge is 0.250 e. The maximum atomic E-state index is 12.6. The molecule has 0 atom stereocenters. The Hall–Kier alpha value is -2.11. The Morgan fingerprint density at radius 1 is 1.11 bits per heavy atom. The summed E-state index contributed by atoms with van der Waals surface area (Å²) in [5, 5.41) is 0. The summed E-state index contributed by atoms with van der Waals surface area (Å²) in [6.07, 6.45) is 4.03. The van der Waals surface area contributed by atoms with E-state index in [0.29, 0.717) is 5.92 Å². The van der Waals surface area contributed by atoms with Crippen molar-refractivity contribution >= 4 is 0 Å². The molecule has 1 saturated heterocycles. The first-order chi connectivity index (χ1) is 13.7. The van der Waals surface area contributed by atoms with E-state index in [1.165, 1.54) is 16.8 Å². The first-order valence-corrected chi connectivity index (χ1v) is 10.4. The van der Waals surface area contributed by atoms with Crippen LogP contribution in [0.3, 0.4) is 0 Å². The first-order valence-electron chi connectivity index (χ1n) is 10.4. The molecular weight excluding hydrogens is 352 g/mol. The molecule has 28 heavy (non-hydrogen) atoms. The van der Waals surface area contributed by atoms with Gasteiger partial charge in [0, 0.05) is 57.6 Å². The molecule has 2 aliphatic rings. The normalized spacial score (nSPS) is 18.5. The summed E-state index contributed by atoms with van der Waals surface area (Å²) in [6, 6.07) is 12.1. The third kappa shape index (κ3) is 4.47. The largest absolute Gasteiger partial charge is 0.497 e. The maximum absolute atomic E-state index is 12.6. The molecule has 4 rings (SSSR count). The van der Waals surface area contributed by atoms with Crippen molar-refractivity contribution in [2.75, 3.05) is 33.4 Å². The van der Waals surface area contributed by atoms with Gasteiger partial charge in [-0.1, -0.05) is 18.2 Å². The van der Waals surface area contributed by atoms with Crippen LogP contribution in [-0.4, -0.2) is 42.9 Å². The molecule has 0 bridgehead atoms. The van der Waals surface area contributed by atoms with Crippen molar-refractivity contribution in [3.63, 3.8) is 0 Å². The molecule has 0 saturated carbocycles. The van der Waals surface area contributed by atoms with E-state index in [0.717, 1.165) is 70.8 Å². The molecular formula is C23H30N2O3. The molecule has 0 unspecified atom stereocenters. The van der Waals surface area contributed by atoms with Gasteiger partial charge in [0.2, 0.25) is 0 Å². The SMILES string of the molecule is COc1cccc(CN2CCc3ccc(=O)n(CC4CCOCC4)c3CC2)c1. The van der Waals surface area contributed by atoms with E-state index >= 15 is 0 Å². The topological polar surface area (TPSA) is 43.7 Å². The number of hydrogen-bond acceptors (Lipinski definition) is 4. The second kappa shape index (κ2) is 8.93. The molecule has 0 N–H and O–H groups in total. The quantitative estimate of drug-likeness (QED) is 0.798. The molecule has 1 fully saturated rings. The van der Waals surface area contributed by atoms with Gasteiger partial charge in [0.15, 0.2) is 0 Å². The first kappa shape index (κ1) is 19.2. The average molecular weight is 383 g/mol. The molecule has 5 nitrogen and oxygen atoms in total. The highest BCUT2D eigenvalue weighted by molar-refractivity contribution is 5.29. The summed E-state index contributed by atoms with van der Waals surface area (Å²) in [4.78, 5) is 15.1. The molecule has 0 spiro atoms. The van der Waals surface area contributed by atoms with Crippen molar-refractivity contribution in [1.29, 1.82) is 0 Å². The third-order valence-corrected chi connectivity index (χ3v) is 6.07. The lowest BCUT2D eigenvalue weighted by atomic mass is 9.99. The average Bonchev–Trinajstić information content (AvgIpc) is 2.94. The van der Waals surface area contributed by atoms with Crippen LogP contribution in [-0.2, 0) is 30.7 Å². The molecule has 1 aromatic carbocycles. The highest BCUT2D eigenvalue weighted by Crippen LogP contribution is 2.21. The van der Waals surface area contributed by atoms with Crippen LogP contribution in [0.2, 0.25) is 0 Å².